The molecular formula is C14H16N2O2. The lowest BCUT2D eigenvalue weighted by Gasteiger charge is -2.10. The van der Waals surface area contributed by atoms with Crippen molar-refractivity contribution in [3.8, 4) is 16.9 Å². The van der Waals surface area contributed by atoms with Crippen LogP contribution in [0.4, 0.5) is 5.69 Å². The van der Waals surface area contributed by atoms with Crippen molar-refractivity contribution < 1.29 is 4.74 Å². The second-order valence-electron chi connectivity index (χ2n) is 4.03. The maximum absolute atomic E-state index is 11.6. The third-order valence-corrected chi connectivity index (χ3v) is 2.91. The van der Waals surface area contributed by atoms with E-state index in [0.717, 1.165) is 22.6 Å². The number of hydrogen-bond acceptors (Lipinski definition) is 3. The zero-order valence-corrected chi connectivity index (χ0v) is 10.7. The Hall–Kier alpha value is -2.23. The van der Waals surface area contributed by atoms with Crippen LogP contribution in [-0.2, 0) is 7.05 Å². The first-order chi connectivity index (χ1) is 8.65. The van der Waals surface area contributed by atoms with Gasteiger partial charge in [-0.3, -0.25) is 4.79 Å². The van der Waals surface area contributed by atoms with Crippen LogP contribution in [0.2, 0.25) is 0 Å². The highest BCUT2D eigenvalue weighted by Gasteiger charge is 2.05. The van der Waals surface area contributed by atoms with E-state index < -0.39 is 0 Å². The van der Waals surface area contributed by atoms with Crippen LogP contribution in [0.5, 0.6) is 5.75 Å². The normalized spacial score (nSPS) is 10.2. The smallest absolute Gasteiger partial charge is 0.250 e. The Morgan fingerprint density at radius 3 is 2.50 bits per heavy atom. The quantitative estimate of drug-likeness (QED) is 0.899. The predicted molar refractivity (Wildman–Crippen MR) is 73.2 cm³/mol. The number of aryl methyl sites for hydroxylation is 1. The topological polar surface area (TPSA) is 43.3 Å². The molecule has 4 heteroatoms. The fourth-order valence-corrected chi connectivity index (χ4v) is 1.81. The number of pyridine rings is 1. The highest BCUT2D eigenvalue weighted by molar-refractivity contribution is 5.70. The number of ether oxygens (including phenoxy) is 1. The summed E-state index contributed by atoms with van der Waals surface area (Å²) < 4.78 is 6.85. The van der Waals surface area contributed by atoms with Gasteiger partial charge in [-0.15, -0.1) is 0 Å². The number of hydrogen-bond donors (Lipinski definition) is 1. The highest BCUT2D eigenvalue weighted by atomic mass is 16.5. The Balaban J connectivity index is 2.50. The van der Waals surface area contributed by atoms with E-state index >= 15 is 0 Å². The second kappa shape index (κ2) is 4.96. The van der Waals surface area contributed by atoms with Gasteiger partial charge in [0.15, 0.2) is 0 Å². The molecule has 0 aliphatic carbocycles. The minimum absolute atomic E-state index is 0.0239. The molecular weight excluding hydrogens is 228 g/mol. The van der Waals surface area contributed by atoms with Crippen molar-refractivity contribution in [3.63, 3.8) is 0 Å². The fraction of sp³-hybridized carbons (Fsp3) is 0.214. The van der Waals surface area contributed by atoms with Gasteiger partial charge in [0.2, 0.25) is 0 Å². The van der Waals surface area contributed by atoms with Crippen LogP contribution in [0, 0.1) is 0 Å². The summed E-state index contributed by atoms with van der Waals surface area (Å²) in [5.74, 6) is 0.760. The first kappa shape index (κ1) is 12.2. The van der Waals surface area contributed by atoms with Gasteiger partial charge >= 0.3 is 0 Å². The van der Waals surface area contributed by atoms with Gasteiger partial charge in [-0.05, 0) is 29.3 Å². The molecule has 0 amide bonds. The average molecular weight is 244 g/mol. The first-order valence-electron chi connectivity index (χ1n) is 5.68. The third-order valence-electron chi connectivity index (χ3n) is 2.91. The SMILES string of the molecule is CNc1ccc(-c2ccn(C)c(=O)c2)cc1OC. The van der Waals surface area contributed by atoms with Crippen LogP contribution in [0.1, 0.15) is 0 Å². The van der Waals surface area contributed by atoms with E-state index in [2.05, 4.69) is 5.32 Å². The molecule has 0 spiro atoms. The molecule has 0 aliphatic heterocycles. The van der Waals surface area contributed by atoms with Crippen LogP contribution in [0.25, 0.3) is 11.1 Å². The van der Waals surface area contributed by atoms with Crippen molar-refractivity contribution in [1.82, 2.24) is 4.57 Å². The van der Waals surface area contributed by atoms with E-state index in [0.29, 0.717) is 0 Å². The maximum atomic E-state index is 11.6. The standard InChI is InChI=1S/C14H16N2O2/c1-15-12-5-4-10(8-13(12)18-3)11-6-7-16(2)14(17)9-11/h4-9,15H,1-3H3. The van der Waals surface area contributed by atoms with Crippen LogP contribution >= 0.6 is 0 Å². The first-order valence-corrected chi connectivity index (χ1v) is 5.68. The Morgan fingerprint density at radius 2 is 1.89 bits per heavy atom. The molecule has 0 saturated heterocycles. The van der Waals surface area contributed by atoms with Crippen molar-refractivity contribution in [2.45, 2.75) is 0 Å². The lowest BCUT2D eigenvalue weighted by atomic mass is 10.1. The fourth-order valence-electron chi connectivity index (χ4n) is 1.81. The number of nitrogens with zero attached hydrogens (tertiary/aromatic N) is 1. The van der Waals surface area contributed by atoms with Crippen LogP contribution in [-0.4, -0.2) is 18.7 Å². The van der Waals surface area contributed by atoms with Crippen LogP contribution < -0.4 is 15.6 Å². The van der Waals surface area contributed by atoms with Crippen molar-refractivity contribution in [2.24, 2.45) is 7.05 Å². The number of aromatic nitrogens is 1. The van der Waals surface area contributed by atoms with Gasteiger partial charge in [0, 0.05) is 26.4 Å². The number of rotatable bonds is 3. The summed E-state index contributed by atoms with van der Waals surface area (Å²) in [6.07, 6.45) is 1.76. The third kappa shape index (κ3) is 2.22. The van der Waals surface area contributed by atoms with Gasteiger partial charge in [-0.1, -0.05) is 6.07 Å². The van der Waals surface area contributed by atoms with Gasteiger partial charge in [0.05, 0.1) is 12.8 Å². The molecule has 2 rings (SSSR count). The minimum atomic E-state index is -0.0239. The summed E-state index contributed by atoms with van der Waals surface area (Å²) in [7, 11) is 5.20. The van der Waals surface area contributed by atoms with E-state index in [1.807, 2.05) is 31.3 Å². The summed E-state index contributed by atoms with van der Waals surface area (Å²) in [5, 5.41) is 3.05. The van der Waals surface area contributed by atoms with Crippen molar-refractivity contribution in [2.75, 3.05) is 19.5 Å². The van der Waals surface area contributed by atoms with Crippen molar-refractivity contribution in [1.29, 1.82) is 0 Å². The molecule has 1 aromatic carbocycles. The summed E-state index contributed by atoms with van der Waals surface area (Å²) in [6, 6.07) is 9.35. The van der Waals surface area contributed by atoms with Gasteiger partial charge < -0.3 is 14.6 Å². The summed E-state index contributed by atoms with van der Waals surface area (Å²) in [6.45, 7) is 0. The van der Waals surface area contributed by atoms with Crippen molar-refractivity contribution in [3.05, 3.63) is 46.9 Å². The Kier molecular flexibility index (Phi) is 3.37. The minimum Gasteiger partial charge on any atom is -0.495 e. The van der Waals surface area contributed by atoms with Crippen LogP contribution in [0.15, 0.2) is 41.3 Å². The van der Waals surface area contributed by atoms with E-state index in [1.165, 1.54) is 0 Å². The molecule has 0 unspecified atom stereocenters. The maximum Gasteiger partial charge on any atom is 0.250 e. The number of nitrogens with one attached hydrogen (secondary N) is 1. The molecule has 18 heavy (non-hydrogen) atoms. The van der Waals surface area contributed by atoms with E-state index in [1.54, 1.807) is 31.0 Å². The Morgan fingerprint density at radius 1 is 1.17 bits per heavy atom. The van der Waals surface area contributed by atoms with E-state index in [4.69, 9.17) is 4.74 Å². The second-order valence-corrected chi connectivity index (χ2v) is 4.03. The van der Waals surface area contributed by atoms with Gasteiger partial charge in [-0.2, -0.15) is 0 Å². The molecule has 0 saturated carbocycles. The zero-order valence-electron chi connectivity index (χ0n) is 10.7. The Bertz CT molecular complexity index is 617. The number of methoxy groups -OCH3 is 1. The zero-order chi connectivity index (χ0) is 13.1. The highest BCUT2D eigenvalue weighted by Crippen LogP contribution is 2.29. The largest absolute Gasteiger partial charge is 0.495 e. The number of anilines is 1. The van der Waals surface area contributed by atoms with Crippen molar-refractivity contribution >= 4 is 5.69 Å². The molecule has 94 valence electrons. The van der Waals surface area contributed by atoms with Gasteiger partial charge in [0.1, 0.15) is 5.75 Å². The molecule has 2 aromatic rings. The van der Waals surface area contributed by atoms with Crippen LogP contribution in [0.3, 0.4) is 0 Å². The molecule has 0 atom stereocenters. The predicted octanol–water partition coefficient (Wildman–Crippen LogP) is 2.10. The molecule has 1 heterocycles. The van der Waals surface area contributed by atoms with Gasteiger partial charge in [-0.25, -0.2) is 0 Å². The Labute approximate surface area is 106 Å². The molecule has 1 N–H and O–H groups in total. The lowest BCUT2D eigenvalue weighted by Crippen LogP contribution is -2.14. The monoisotopic (exact) mass is 244 g/mol. The summed E-state index contributed by atoms with van der Waals surface area (Å²) >= 11 is 0. The van der Waals surface area contributed by atoms with E-state index in [9.17, 15) is 4.79 Å². The molecule has 4 nitrogen and oxygen atoms in total. The summed E-state index contributed by atoms with van der Waals surface area (Å²) in [5.41, 5.74) is 2.75. The summed E-state index contributed by atoms with van der Waals surface area (Å²) in [4.78, 5) is 11.6. The number of benzene rings is 1. The molecule has 1 aromatic heterocycles. The lowest BCUT2D eigenvalue weighted by molar-refractivity contribution is 0.417. The average Bonchev–Trinajstić information content (AvgIpc) is 2.41. The molecule has 0 aliphatic rings. The van der Waals surface area contributed by atoms with Gasteiger partial charge in [0.25, 0.3) is 5.56 Å². The molecule has 0 fully saturated rings. The van der Waals surface area contributed by atoms with E-state index in [-0.39, 0.29) is 5.56 Å². The molecule has 0 radical (unpaired) electrons. The molecule has 0 bridgehead atoms.